The van der Waals surface area contributed by atoms with Gasteiger partial charge in [-0.15, -0.1) is 0 Å². The molecule has 0 bridgehead atoms. The Hall–Kier alpha value is -1.32. The fourth-order valence-electron chi connectivity index (χ4n) is 1.87. The zero-order chi connectivity index (χ0) is 9.26. The van der Waals surface area contributed by atoms with Gasteiger partial charge in [0, 0.05) is 11.5 Å². The second kappa shape index (κ2) is 3.20. The zero-order valence-electron chi connectivity index (χ0n) is 7.19. The van der Waals surface area contributed by atoms with Gasteiger partial charge in [-0.1, -0.05) is 5.16 Å². The molecule has 1 atom stereocenters. The summed E-state index contributed by atoms with van der Waals surface area (Å²) in [5, 5.41) is 12.4. The molecular weight excluding hydrogens is 170 g/mol. The van der Waals surface area contributed by atoms with E-state index < -0.39 is 5.97 Å². The van der Waals surface area contributed by atoms with Gasteiger partial charge in [-0.2, -0.15) is 0 Å². The lowest BCUT2D eigenvalue weighted by Crippen LogP contribution is -2.11. The van der Waals surface area contributed by atoms with E-state index in [0.29, 0.717) is 0 Å². The molecule has 1 aromatic rings. The smallest absolute Gasteiger partial charge is 0.304 e. The van der Waals surface area contributed by atoms with Crippen molar-refractivity contribution in [2.45, 2.75) is 31.6 Å². The van der Waals surface area contributed by atoms with Crippen LogP contribution in [-0.4, -0.2) is 16.2 Å². The number of carboxylic acids is 1. The predicted octanol–water partition coefficient (Wildman–Crippen LogP) is 1.57. The highest BCUT2D eigenvalue weighted by Gasteiger charge is 2.26. The predicted molar refractivity (Wildman–Crippen MR) is 44.4 cm³/mol. The Morgan fingerprint density at radius 3 is 3.38 bits per heavy atom. The highest BCUT2D eigenvalue weighted by molar-refractivity contribution is 5.68. The van der Waals surface area contributed by atoms with E-state index in [1.54, 1.807) is 6.20 Å². The molecule has 0 radical (unpaired) electrons. The summed E-state index contributed by atoms with van der Waals surface area (Å²) in [6.07, 6.45) is 4.75. The Bertz CT molecular complexity index is 318. The summed E-state index contributed by atoms with van der Waals surface area (Å²) in [7, 11) is 0. The minimum absolute atomic E-state index is 0.0312. The first-order valence-corrected chi connectivity index (χ1v) is 4.42. The molecule has 1 aromatic heterocycles. The molecule has 0 amide bonds. The number of aromatic nitrogens is 1. The summed E-state index contributed by atoms with van der Waals surface area (Å²) in [6.45, 7) is 0. The number of aliphatic carboxylic acids is 1. The van der Waals surface area contributed by atoms with Gasteiger partial charge in [0.25, 0.3) is 0 Å². The summed E-state index contributed by atoms with van der Waals surface area (Å²) in [5.41, 5.74) is 1.08. The van der Waals surface area contributed by atoms with E-state index in [1.807, 2.05) is 0 Å². The maximum absolute atomic E-state index is 10.5. The van der Waals surface area contributed by atoms with Gasteiger partial charge >= 0.3 is 5.97 Å². The van der Waals surface area contributed by atoms with E-state index >= 15 is 0 Å². The normalized spacial score (nSPS) is 21.1. The SMILES string of the molecule is O=C(O)CC1CCCc2cnoc21. The first-order valence-electron chi connectivity index (χ1n) is 4.42. The number of carbonyl (C=O) groups is 1. The van der Waals surface area contributed by atoms with Crippen LogP contribution in [0, 0.1) is 0 Å². The number of hydrogen-bond donors (Lipinski definition) is 1. The largest absolute Gasteiger partial charge is 0.481 e. The second-order valence-corrected chi connectivity index (χ2v) is 3.40. The molecule has 2 rings (SSSR count). The molecule has 0 aliphatic heterocycles. The standard InChI is InChI=1S/C9H11NO3/c11-8(12)4-6-2-1-3-7-5-10-13-9(6)7/h5-6H,1-4H2,(H,11,12). The molecule has 70 valence electrons. The van der Waals surface area contributed by atoms with Crippen molar-refractivity contribution in [2.75, 3.05) is 0 Å². The van der Waals surface area contributed by atoms with Gasteiger partial charge in [-0.3, -0.25) is 4.79 Å². The van der Waals surface area contributed by atoms with Gasteiger partial charge in [0.1, 0.15) is 5.76 Å². The third kappa shape index (κ3) is 1.56. The summed E-state index contributed by atoms with van der Waals surface area (Å²) in [6, 6.07) is 0. The highest BCUT2D eigenvalue weighted by atomic mass is 16.5. The first kappa shape index (κ1) is 8.29. The molecule has 1 aliphatic carbocycles. The van der Waals surface area contributed by atoms with Crippen LogP contribution in [0.15, 0.2) is 10.7 Å². The van der Waals surface area contributed by atoms with Gasteiger partial charge in [0.05, 0.1) is 12.6 Å². The maximum Gasteiger partial charge on any atom is 0.304 e. The second-order valence-electron chi connectivity index (χ2n) is 3.40. The third-order valence-electron chi connectivity index (χ3n) is 2.47. The lowest BCUT2D eigenvalue weighted by Gasteiger charge is -2.17. The average Bonchev–Trinajstić information content (AvgIpc) is 2.51. The molecule has 1 unspecified atom stereocenters. The first-order chi connectivity index (χ1) is 6.27. The van der Waals surface area contributed by atoms with E-state index in [2.05, 4.69) is 5.16 Å². The van der Waals surface area contributed by atoms with E-state index in [9.17, 15) is 4.79 Å². The van der Waals surface area contributed by atoms with Crippen molar-refractivity contribution in [3.05, 3.63) is 17.5 Å². The molecule has 4 nitrogen and oxygen atoms in total. The van der Waals surface area contributed by atoms with Crippen molar-refractivity contribution in [3.63, 3.8) is 0 Å². The molecule has 0 fully saturated rings. The molecule has 4 heteroatoms. The lowest BCUT2D eigenvalue weighted by atomic mass is 9.87. The number of rotatable bonds is 2. The number of fused-ring (bicyclic) bond motifs is 1. The topological polar surface area (TPSA) is 63.3 Å². The number of nitrogens with zero attached hydrogens (tertiary/aromatic N) is 1. The van der Waals surface area contributed by atoms with Crippen LogP contribution < -0.4 is 0 Å². The van der Waals surface area contributed by atoms with Gasteiger partial charge < -0.3 is 9.63 Å². The Morgan fingerprint density at radius 2 is 2.62 bits per heavy atom. The molecular formula is C9H11NO3. The van der Waals surface area contributed by atoms with Crippen LogP contribution in [0.25, 0.3) is 0 Å². The van der Waals surface area contributed by atoms with Gasteiger partial charge in [0.2, 0.25) is 0 Å². The Morgan fingerprint density at radius 1 is 1.77 bits per heavy atom. The van der Waals surface area contributed by atoms with Crippen molar-refractivity contribution >= 4 is 5.97 Å². The van der Waals surface area contributed by atoms with Crippen LogP contribution in [0.4, 0.5) is 0 Å². The van der Waals surface area contributed by atoms with Crippen molar-refractivity contribution < 1.29 is 14.4 Å². The molecule has 13 heavy (non-hydrogen) atoms. The Kier molecular flexibility index (Phi) is 2.04. The van der Waals surface area contributed by atoms with E-state index in [-0.39, 0.29) is 12.3 Å². The van der Waals surface area contributed by atoms with Crippen LogP contribution in [-0.2, 0) is 11.2 Å². The fourth-order valence-corrected chi connectivity index (χ4v) is 1.87. The number of carboxylic acid groups (broad SMARTS) is 1. The monoisotopic (exact) mass is 181 g/mol. The Labute approximate surface area is 75.5 Å². The molecule has 1 heterocycles. The molecule has 0 spiro atoms. The van der Waals surface area contributed by atoms with Crippen LogP contribution in [0.1, 0.15) is 36.5 Å². The lowest BCUT2D eigenvalue weighted by molar-refractivity contribution is -0.137. The molecule has 0 saturated carbocycles. The quantitative estimate of drug-likeness (QED) is 0.752. The van der Waals surface area contributed by atoms with Crippen LogP contribution in [0.5, 0.6) is 0 Å². The van der Waals surface area contributed by atoms with Crippen LogP contribution in [0.2, 0.25) is 0 Å². The van der Waals surface area contributed by atoms with E-state index in [4.69, 9.17) is 9.63 Å². The Balaban J connectivity index is 2.20. The minimum atomic E-state index is -0.769. The highest BCUT2D eigenvalue weighted by Crippen LogP contribution is 2.33. The van der Waals surface area contributed by atoms with Crippen LogP contribution in [0.3, 0.4) is 0 Å². The van der Waals surface area contributed by atoms with Crippen molar-refractivity contribution in [3.8, 4) is 0 Å². The van der Waals surface area contributed by atoms with Crippen molar-refractivity contribution in [1.82, 2.24) is 5.16 Å². The van der Waals surface area contributed by atoms with Gasteiger partial charge in [-0.05, 0) is 19.3 Å². The average molecular weight is 181 g/mol. The molecule has 1 N–H and O–H groups in total. The van der Waals surface area contributed by atoms with Crippen molar-refractivity contribution in [1.29, 1.82) is 0 Å². The fraction of sp³-hybridized carbons (Fsp3) is 0.556. The number of aryl methyl sites for hydroxylation is 1. The summed E-state index contributed by atoms with van der Waals surface area (Å²) >= 11 is 0. The van der Waals surface area contributed by atoms with Gasteiger partial charge in [-0.25, -0.2) is 0 Å². The van der Waals surface area contributed by atoms with Crippen molar-refractivity contribution in [2.24, 2.45) is 0 Å². The zero-order valence-corrected chi connectivity index (χ0v) is 7.19. The molecule has 0 saturated heterocycles. The summed E-state index contributed by atoms with van der Waals surface area (Å²) in [4.78, 5) is 10.5. The molecule has 1 aliphatic rings. The summed E-state index contributed by atoms with van der Waals surface area (Å²) in [5.74, 6) is 0.0478. The maximum atomic E-state index is 10.5. The minimum Gasteiger partial charge on any atom is -0.481 e. The molecule has 0 aromatic carbocycles. The van der Waals surface area contributed by atoms with Gasteiger partial charge in [0.15, 0.2) is 0 Å². The van der Waals surface area contributed by atoms with E-state index in [1.165, 1.54) is 0 Å². The number of hydrogen-bond acceptors (Lipinski definition) is 3. The van der Waals surface area contributed by atoms with Crippen LogP contribution >= 0.6 is 0 Å². The summed E-state index contributed by atoms with van der Waals surface area (Å²) < 4.78 is 5.06. The van der Waals surface area contributed by atoms with E-state index in [0.717, 1.165) is 30.6 Å². The third-order valence-corrected chi connectivity index (χ3v) is 2.47.